The molecule has 0 saturated heterocycles. The molecule has 1 aromatic heterocycles. The number of pyridine rings is 1. The van der Waals surface area contributed by atoms with Gasteiger partial charge in [0.1, 0.15) is 5.75 Å². The minimum Gasteiger partial charge on any atom is -0.508 e. The van der Waals surface area contributed by atoms with Crippen LogP contribution in [0.25, 0.3) is 0 Å². The molecule has 1 aromatic carbocycles. The first kappa shape index (κ1) is 14.6. The Hall–Kier alpha value is -2.83. The van der Waals surface area contributed by atoms with Gasteiger partial charge in [0.05, 0.1) is 12.0 Å². The Morgan fingerprint density at radius 3 is 2.62 bits per heavy atom. The smallest absolute Gasteiger partial charge is 0.311 e. The van der Waals surface area contributed by atoms with Crippen LogP contribution in [0.2, 0.25) is 0 Å². The van der Waals surface area contributed by atoms with Crippen molar-refractivity contribution in [3.05, 3.63) is 52.1 Å². The quantitative estimate of drug-likeness (QED) is 0.626. The number of phenolic OH excluding ortho intramolecular Hbond substituents is 1. The summed E-state index contributed by atoms with van der Waals surface area (Å²) in [6, 6.07) is 9.59. The molecule has 7 heteroatoms. The van der Waals surface area contributed by atoms with Crippen molar-refractivity contribution in [3.8, 4) is 11.6 Å². The lowest BCUT2D eigenvalue weighted by molar-refractivity contribution is -0.384. The molecule has 0 aliphatic rings. The average Bonchev–Trinajstić information content (AvgIpc) is 2.49. The molecule has 2 aromatic rings. The largest absolute Gasteiger partial charge is 0.508 e. The highest BCUT2D eigenvalue weighted by atomic mass is 16.6. The number of hydrogen-bond donors (Lipinski definition) is 2. The fourth-order valence-electron chi connectivity index (χ4n) is 1.81. The third kappa shape index (κ3) is 3.82. The maximum absolute atomic E-state index is 10.9. The molecule has 0 atom stereocenters. The van der Waals surface area contributed by atoms with E-state index in [-0.39, 0.29) is 17.3 Å². The second-order valence-corrected chi connectivity index (χ2v) is 4.32. The molecule has 1 heterocycles. The van der Waals surface area contributed by atoms with Crippen molar-refractivity contribution in [1.29, 1.82) is 0 Å². The van der Waals surface area contributed by atoms with Gasteiger partial charge in [-0.2, -0.15) is 4.98 Å². The molecule has 0 saturated carbocycles. The summed E-state index contributed by atoms with van der Waals surface area (Å²) in [6.45, 7) is 0.478. The summed E-state index contributed by atoms with van der Waals surface area (Å²) in [5.74, 6) is 0.697. The van der Waals surface area contributed by atoms with Crippen molar-refractivity contribution < 1.29 is 14.8 Å². The van der Waals surface area contributed by atoms with Crippen LogP contribution in [0.3, 0.4) is 0 Å². The second-order valence-electron chi connectivity index (χ2n) is 4.32. The average molecular weight is 289 g/mol. The van der Waals surface area contributed by atoms with Gasteiger partial charge in [0, 0.05) is 18.7 Å². The van der Waals surface area contributed by atoms with E-state index in [9.17, 15) is 15.2 Å². The highest BCUT2D eigenvalue weighted by Gasteiger charge is 2.15. The van der Waals surface area contributed by atoms with E-state index in [1.807, 2.05) is 0 Å². The molecule has 0 unspecified atom stereocenters. The van der Waals surface area contributed by atoms with Crippen LogP contribution in [0, 0.1) is 10.1 Å². The number of ether oxygens (including phenoxy) is 1. The molecule has 0 amide bonds. The van der Waals surface area contributed by atoms with Crippen molar-refractivity contribution >= 4 is 11.5 Å². The van der Waals surface area contributed by atoms with Crippen LogP contribution in [-0.2, 0) is 6.42 Å². The molecule has 0 bridgehead atoms. The van der Waals surface area contributed by atoms with Gasteiger partial charge in [-0.1, -0.05) is 12.1 Å². The Kier molecular flexibility index (Phi) is 4.55. The third-order valence-corrected chi connectivity index (χ3v) is 2.90. The molecule has 110 valence electrons. The van der Waals surface area contributed by atoms with Crippen LogP contribution in [0.15, 0.2) is 36.4 Å². The topological polar surface area (TPSA) is 97.5 Å². The van der Waals surface area contributed by atoms with E-state index in [1.165, 1.54) is 19.2 Å². The molecule has 0 aliphatic heterocycles. The molecule has 2 rings (SSSR count). The number of nitro groups is 1. The number of benzene rings is 1. The predicted molar refractivity (Wildman–Crippen MR) is 77.7 cm³/mol. The normalized spacial score (nSPS) is 10.1. The van der Waals surface area contributed by atoms with Gasteiger partial charge in [-0.15, -0.1) is 0 Å². The maximum Gasteiger partial charge on any atom is 0.311 e. The van der Waals surface area contributed by atoms with E-state index in [0.29, 0.717) is 18.8 Å². The van der Waals surface area contributed by atoms with Crippen LogP contribution in [0.4, 0.5) is 11.5 Å². The first-order valence-electron chi connectivity index (χ1n) is 6.31. The van der Waals surface area contributed by atoms with E-state index in [0.717, 1.165) is 5.56 Å². The lowest BCUT2D eigenvalue weighted by Gasteiger charge is -2.08. The molecule has 0 spiro atoms. The molecular formula is C14H15N3O4. The number of methoxy groups -OCH3 is 1. The Morgan fingerprint density at radius 2 is 2.00 bits per heavy atom. The van der Waals surface area contributed by atoms with Crippen molar-refractivity contribution in [2.45, 2.75) is 6.42 Å². The van der Waals surface area contributed by atoms with Crippen molar-refractivity contribution in [2.75, 3.05) is 19.0 Å². The molecule has 0 radical (unpaired) electrons. The zero-order chi connectivity index (χ0) is 15.2. The lowest BCUT2D eigenvalue weighted by Crippen LogP contribution is -2.09. The zero-order valence-corrected chi connectivity index (χ0v) is 11.4. The Morgan fingerprint density at radius 1 is 1.29 bits per heavy atom. The number of hydrogen-bond acceptors (Lipinski definition) is 6. The van der Waals surface area contributed by atoms with Crippen LogP contribution in [-0.4, -0.2) is 28.7 Å². The third-order valence-electron chi connectivity index (χ3n) is 2.90. The van der Waals surface area contributed by atoms with Crippen LogP contribution in [0.1, 0.15) is 5.56 Å². The monoisotopic (exact) mass is 289 g/mol. The highest BCUT2D eigenvalue weighted by Crippen LogP contribution is 2.24. The van der Waals surface area contributed by atoms with Crippen molar-refractivity contribution in [3.63, 3.8) is 0 Å². The fraction of sp³-hybridized carbons (Fsp3) is 0.214. The zero-order valence-electron chi connectivity index (χ0n) is 11.4. The van der Waals surface area contributed by atoms with Gasteiger partial charge in [-0.3, -0.25) is 10.1 Å². The second kappa shape index (κ2) is 6.56. The van der Waals surface area contributed by atoms with Crippen molar-refractivity contribution in [2.24, 2.45) is 0 Å². The summed E-state index contributed by atoms with van der Waals surface area (Å²) in [6.07, 6.45) is 0.649. The maximum atomic E-state index is 10.9. The van der Waals surface area contributed by atoms with E-state index in [4.69, 9.17) is 4.74 Å². The summed E-state index contributed by atoms with van der Waals surface area (Å²) in [7, 11) is 1.45. The summed E-state index contributed by atoms with van der Waals surface area (Å²) in [5, 5.41) is 23.1. The lowest BCUT2D eigenvalue weighted by atomic mass is 10.1. The van der Waals surface area contributed by atoms with Gasteiger partial charge in [0.2, 0.25) is 11.7 Å². The Bertz CT molecular complexity index is 629. The first-order chi connectivity index (χ1) is 10.1. The number of aromatic nitrogens is 1. The summed E-state index contributed by atoms with van der Waals surface area (Å²) < 4.78 is 4.97. The fourth-order valence-corrected chi connectivity index (χ4v) is 1.81. The molecule has 2 N–H and O–H groups in total. The van der Waals surface area contributed by atoms with E-state index in [1.54, 1.807) is 24.3 Å². The van der Waals surface area contributed by atoms with Gasteiger partial charge < -0.3 is 15.2 Å². The first-order valence-corrected chi connectivity index (χ1v) is 6.31. The molecule has 7 nitrogen and oxygen atoms in total. The summed E-state index contributed by atoms with van der Waals surface area (Å²) >= 11 is 0. The number of rotatable bonds is 6. The minimum absolute atomic E-state index is 0.0958. The Labute approximate surface area is 121 Å². The summed E-state index contributed by atoms with van der Waals surface area (Å²) in [5.41, 5.74) is 0.910. The van der Waals surface area contributed by atoms with Crippen LogP contribution in [0.5, 0.6) is 11.6 Å². The molecule has 21 heavy (non-hydrogen) atoms. The number of nitrogens with zero attached hydrogens (tertiary/aromatic N) is 2. The van der Waals surface area contributed by atoms with Crippen LogP contribution >= 0.6 is 0 Å². The minimum atomic E-state index is -0.491. The Balaban J connectivity index is 2.04. The number of anilines is 1. The molecular weight excluding hydrogens is 274 g/mol. The number of aromatic hydroxyl groups is 1. The van der Waals surface area contributed by atoms with Gasteiger partial charge >= 0.3 is 5.69 Å². The van der Waals surface area contributed by atoms with E-state index in [2.05, 4.69) is 10.3 Å². The van der Waals surface area contributed by atoms with Gasteiger partial charge in [-0.25, -0.2) is 0 Å². The predicted octanol–water partition coefficient (Wildman–Crippen LogP) is 2.36. The van der Waals surface area contributed by atoms with Gasteiger partial charge in [-0.05, 0) is 24.1 Å². The SMILES string of the molecule is COc1ccc([N+](=O)[O-])c(NCCc2ccc(O)cc2)n1. The number of nitrogens with one attached hydrogen (secondary N) is 1. The van der Waals surface area contributed by atoms with Gasteiger partial charge in [0.15, 0.2) is 0 Å². The van der Waals surface area contributed by atoms with Crippen LogP contribution < -0.4 is 10.1 Å². The van der Waals surface area contributed by atoms with Crippen molar-refractivity contribution in [1.82, 2.24) is 4.98 Å². The molecule has 0 fully saturated rings. The molecule has 0 aliphatic carbocycles. The van der Waals surface area contributed by atoms with E-state index < -0.39 is 4.92 Å². The van der Waals surface area contributed by atoms with E-state index >= 15 is 0 Å². The number of phenols is 1. The summed E-state index contributed by atoms with van der Waals surface area (Å²) in [4.78, 5) is 14.5. The standard InChI is InChI=1S/C14H15N3O4/c1-21-13-7-6-12(17(19)20)14(16-13)15-9-8-10-2-4-11(18)5-3-10/h2-7,18H,8-9H2,1H3,(H,15,16). The highest BCUT2D eigenvalue weighted by molar-refractivity contribution is 5.57. The van der Waals surface area contributed by atoms with Gasteiger partial charge in [0.25, 0.3) is 0 Å².